The molecule has 2 aromatic rings. The molecule has 9 heteroatoms. The van der Waals surface area contributed by atoms with E-state index >= 15 is 0 Å². The summed E-state index contributed by atoms with van der Waals surface area (Å²) in [5, 5.41) is 3.23. The number of carbonyl (C=O) groups excluding carboxylic acids is 2. The smallest absolute Gasteiger partial charge is 0.416 e. The van der Waals surface area contributed by atoms with Crippen LogP contribution in [0.3, 0.4) is 0 Å². The molecule has 0 fully saturated rings. The van der Waals surface area contributed by atoms with Crippen LogP contribution in [0.1, 0.15) is 57.1 Å². The summed E-state index contributed by atoms with van der Waals surface area (Å²) in [5.74, 6) is -1.15. The second kappa shape index (κ2) is 9.52. The number of Topliss-reactive ketones (excluding diaryl/α,β-unsaturated/α-hetero) is 1. The molecule has 2 heterocycles. The fourth-order valence-corrected chi connectivity index (χ4v) is 4.81. The monoisotopic (exact) mass is 503 g/mol. The van der Waals surface area contributed by atoms with Gasteiger partial charge in [0.25, 0.3) is 0 Å². The van der Waals surface area contributed by atoms with Gasteiger partial charge >= 0.3 is 12.1 Å². The number of hydrogen-bond donors (Lipinski definition) is 1. The molecule has 0 saturated heterocycles. The van der Waals surface area contributed by atoms with Gasteiger partial charge in [0.1, 0.15) is 29.7 Å². The first-order valence-electron chi connectivity index (χ1n) is 11.7. The Hall–Kier alpha value is -3.49. The molecule has 0 saturated carbocycles. The molecule has 192 valence electrons. The van der Waals surface area contributed by atoms with Crippen LogP contribution in [0.2, 0.25) is 0 Å². The van der Waals surface area contributed by atoms with Crippen molar-refractivity contribution < 1.29 is 36.7 Å². The van der Waals surface area contributed by atoms with Crippen molar-refractivity contribution in [2.24, 2.45) is 11.3 Å². The average molecular weight is 504 g/mol. The summed E-state index contributed by atoms with van der Waals surface area (Å²) in [5.41, 5.74) is 0.448. The SMILES string of the molecule is CCOC(=O)C1=C(C)NC2=CC(C)(C)CC(=O)C2C1c1ccc(COc2cccc(C(F)(F)F)c2)o1. The molecule has 1 aliphatic heterocycles. The maximum atomic E-state index is 13.3. The van der Waals surface area contributed by atoms with Gasteiger partial charge in [-0.1, -0.05) is 26.0 Å². The molecule has 0 spiro atoms. The fourth-order valence-electron chi connectivity index (χ4n) is 4.81. The summed E-state index contributed by atoms with van der Waals surface area (Å²) < 4.78 is 55.8. The van der Waals surface area contributed by atoms with Crippen LogP contribution in [-0.4, -0.2) is 18.4 Å². The number of furan rings is 1. The number of rotatable bonds is 6. The minimum atomic E-state index is -4.48. The Bertz CT molecular complexity index is 1240. The van der Waals surface area contributed by atoms with Gasteiger partial charge < -0.3 is 19.2 Å². The van der Waals surface area contributed by atoms with Crippen LogP contribution >= 0.6 is 0 Å². The Balaban J connectivity index is 1.65. The lowest BCUT2D eigenvalue weighted by atomic mass is 9.67. The first kappa shape index (κ1) is 25.6. The molecule has 1 aliphatic carbocycles. The quantitative estimate of drug-likeness (QED) is 0.495. The Morgan fingerprint density at radius 2 is 1.94 bits per heavy atom. The number of hydrogen-bond acceptors (Lipinski definition) is 6. The maximum Gasteiger partial charge on any atom is 0.416 e. The van der Waals surface area contributed by atoms with Crippen molar-refractivity contribution in [2.75, 3.05) is 6.61 Å². The Labute approximate surface area is 207 Å². The second-order valence-electron chi connectivity index (χ2n) is 9.69. The molecular formula is C27H28F3NO5. The number of alkyl halides is 3. The molecule has 2 atom stereocenters. The number of carbonyl (C=O) groups is 2. The molecule has 2 aliphatic rings. The van der Waals surface area contributed by atoms with Crippen molar-refractivity contribution >= 4 is 11.8 Å². The highest BCUT2D eigenvalue weighted by molar-refractivity contribution is 5.96. The van der Waals surface area contributed by atoms with E-state index in [1.807, 2.05) is 19.9 Å². The fraction of sp³-hybridized carbons (Fsp3) is 0.407. The molecule has 0 bridgehead atoms. The van der Waals surface area contributed by atoms with E-state index in [1.165, 1.54) is 12.1 Å². The first-order chi connectivity index (χ1) is 16.9. The van der Waals surface area contributed by atoms with Crippen molar-refractivity contribution in [3.63, 3.8) is 0 Å². The van der Waals surface area contributed by atoms with Crippen LogP contribution in [0.25, 0.3) is 0 Å². The standard InChI is InChI=1S/C27H28F3NO5/c1-5-34-25(33)22-15(2)31-19-12-26(3,4)13-20(32)23(19)24(22)21-10-9-18(36-21)14-35-17-8-6-7-16(11-17)27(28,29)30/h6-12,23-24,31H,5,13-14H2,1-4H3. The van der Waals surface area contributed by atoms with E-state index in [4.69, 9.17) is 13.9 Å². The van der Waals surface area contributed by atoms with Crippen molar-refractivity contribution in [1.29, 1.82) is 0 Å². The third-order valence-corrected chi connectivity index (χ3v) is 6.26. The zero-order chi connectivity index (χ0) is 26.3. The minimum Gasteiger partial charge on any atom is -0.486 e. The minimum absolute atomic E-state index is 0.0255. The summed E-state index contributed by atoms with van der Waals surface area (Å²) in [6.45, 7) is 7.45. The molecule has 2 unspecified atom stereocenters. The highest BCUT2D eigenvalue weighted by Crippen LogP contribution is 2.47. The van der Waals surface area contributed by atoms with Gasteiger partial charge in [-0.2, -0.15) is 13.2 Å². The van der Waals surface area contributed by atoms with Crippen molar-refractivity contribution in [3.05, 3.63) is 76.5 Å². The van der Waals surface area contributed by atoms with Crippen LogP contribution in [-0.2, 0) is 27.1 Å². The summed E-state index contributed by atoms with van der Waals surface area (Å²) in [6.07, 6.45) is -2.16. The number of ketones is 1. The van der Waals surface area contributed by atoms with Gasteiger partial charge in [0.15, 0.2) is 0 Å². The molecule has 1 aromatic heterocycles. The number of allylic oxidation sites excluding steroid dienone is 3. The van der Waals surface area contributed by atoms with E-state index in [0.29, 0.717) is 34.9 Å². The first-order valence-corrected chi connectivity index (χ1v) is 11.7. The Kier molecular flexibility index (Phi) is 6.77. The third-order valence-electron chi connectivity index (χ3n) is 6.26. The number of halogens is 3. The van der Waals surface area contributed by atoms with E-state index in [-0.39, 0.29) is 30.2 Å². The highest BCUT2D eigenvalue weighted by Gasteiger charge is 2.47. The van der Waals surface area contributed by atoms with Crippen molar-refractivity contribution in [3.8, 4) is 5.75 Å². The summed E-state index contributed by atoms with van der Waals surface area (Å²) in [7, 11) is 0. The number of esters is 1. The molecule has 0 radical (unpaired) electrons. The summed E-state index contributed by atoms with van der Waals surface area (Å²) in [4.78, 5) is 26.2. The molecule has 0 amide bonds. The highest BCUT2D eigenvalue weighted by atomic mass is 19.4. The zero-order valence-electron chi connectivity index (χ0n) is 20.5. The van der Waals surface area contributed by atoms with Crippen LogP contribution in [0.5, 0.6) is 5.75 Å². The predicted octanol–water partition coefficient (Wildman–Crippen LogP) is 5.90. The van der Waals surface area contributed by atoms with E-state index in [1.54, 1.807) is 26.0 Å². The lowest BCUT2D eigenvalue weighted by Crippen LogP contribution is -2.43. The molecule has 1 N–H and O–H groups in total. The number of benzene rings is 1. The number of nitrogens with one attached hydrogen (secondary N) is 1. The van der Waals surface area contributed by atoms with E-state index in [9.17, 15) is 22.8 Å². The average Bonchev–Trinajstić information content (AvgIpc) is 3.24. The second-order valence-corrected chi connectivity index (χ2v) is 9.69. The normalized spacial score (nSPS) is 21.4. The molecular weight excluding hydrogens is 475 g/mol. The lowest BCUT2D eigenvalue weighted by Gasteiger charge is -2.40. The van der Waals surface area contributed by atoms with Crippen LogP contribution in [0.15, 0.2) is 63.9 Å². The number of ether oxygens (including phenoxy) is 2. The third kappa shape index (κ3) is 5.20. The topological polar surface area (TPSA) is 77.8 Å². The van der Waals surface area contributed by atoms with Crippen LogP contribution < -0.4 is 10.1 Å². The Morgan fingerprint density at radius 1 is 1.19 bits per heavy atom. The van der Waals surface area contributed by atoms with Gasteiger partial charge in [-0.3, -0.25) is 4.79 Å². The predicted molar refractivity (Wildman–Crippen MR) is 125 cm³/mol. The summed E-state index contributed by atoms with van der Waals surface area (Å²) in [6, 6.07) is 7.87. The van der Waals surface area contributed by atoms with Gasteiger partial charge in [0.2, 0.25) is 0 Å². The molecule has 36 heavy (non-hydrogen) atoms. The number of fused-ring (bicyclic) bond motifs is 1. The van der Waals surface area contributed by atoms with Gasteiger partial charge in [-0.05, 0) is 49.6 Å². The van der Waals surface area contributed by atoms with Crippen LogP contribution in [0, 0.1) is 11.3 Å². The van der Waals surface area contributed by atoms with Crippen molar-refractivity contribution in [2.45, 2.75) is 52.8 Å². The van der Waals surface area contributed by atoms with Gasteiger partial charge in [0.05, 0.1) is 29.6 Å². The Morgan fingerprint density at radius 3 is 2.64 bits per heavy atom. The van der Waals surface area contributed by atoms with E-state index in [0.717, 1.165) is 12.1 Å². The largest absolute Gasteiger partial charge is 0.486 e. The van der Waals surface area contributed by atoms with Gasteiger partial charge in [-0.25, -0.2) is 4.79 Å². The lowest BCUT2D eigenvalue weighted by molar-refractivity contribution is -0.139. The van der Waals surface area contributed by atoms with Gasteiger partial charge in [0, 0.05) is 17.8 Å². The summed E-state index contributed by atoms with van der Waals surface area (Å²) >= 11 is 0. The van der Waals surface area contributed by atoms with Crippen LogP contribution in [0.4, 0.5) is 13.2 Å². The van der Waals surface area contributed by atoms with E-state index in [2.05, 4.69) is 5.32 Å². The molecule has 6 nitrogen and oxygen atoms in total. The maximum absolute atomic E-state index is 13.3. The zero-order valence-corrected chi connectivity index (χ0v) is 20.5. The molecule has 1 aromatic carbocycles. The van der Waals surface area contributed by atoms with Gasteiger partial charge in [-0.15, -0.1) is 0 Å². The molecule has 4 rings (SSSR count). The van der Waals surface area contributed by atoms with Crippen molar-refractivity contribution in [1.82, 2.24) is 5.32 Å². The van der Waals surface area contributed by atoms with E-state index < -0.39 is 29.5 Å².